The van der Waals surface area contributed by atoms with Crippen LogP contribution in [0.1, 0.15) is 38.5 Å². The lowest BCUT2D eigenvalue weighted by Gasteiger charge is -2.25. The smallest absolute Gasteiger partial charge is 0.0223 e. The predicted molar refractivity (Wildman–Crippen MR) is 73.4 cm³/mol. The van der Waals surface area contributed by atoms with Gasteiger partial charge in [0.2, 0.25) is 0 Å². The van der Waals surface area contributed by atoms with Crippen molar-refractivity contribution in [3.05, 3.63) is 0 Å². The summed E-state index contributed by atoms with van der Waals surface area (Å²) < 4.78 is 0. The molecule has 3 heteroatoms. The second-order valence-corrected chi connectivity index (χ2v) is 5.72. The van der Waals surface area contributed by atoms with Crippen molar-refractivity contribution in [2.24, 2.45) is 0 Å². The summed E-state index contributed by atoms with van der Waals surface area (Å²) in [5.41, 5.74) is 0. The number of hydrogen-bond donors (Lipinski definition) is 1. The minimum Gasteiger partial charge on any atom is -0.302 e. The van der Waals surface area contributed by atoms with Crippen molar-refractivity contribution in [3.63, 3.8) is 0 Å². The SMILES string of the molecule is SCCCCCN1CCCN2CCCC2C1. The number of rotatable bonds is 5. The fourth-order valence-electron chi connectivity index (χ4n) is 3.11. The van der Waals surface area contributed by atoms with Crippen LogP contribution in [0, 0.1) is 0 Å². The summed E-state index contributed by atoms with van der Waals surface area (Å²) in [5.74, 6) is 1.05. The quantitative estimate of drug-likeness (QED) is 0.583. The molecule has 1 atom stereocenters. The van der Waals surface area contributed by atoms with Crippen LogP contribution in [0.3, 0.4) is 0 Å². The van der Waals surface area contributed by atoms with Crippen LogP contribution in [0.5, 0.6) is 0 Å². The van der Waals surface area contributed by atoms with Crippen LogP contribution in [0.4, 0.5) is 0 Å². The molecule has 94 valence electrons. The topological polar surface area (TPSA) is 6.48 Å². The Morgan fingerprint density at radius 3 is 2.75 bits per heavy atom. The molecule has 0 aromatic carbocycles. The summed E-state index contributed by atoms with van der Waals surface area (Å²) in [6, 6.07) is 0.882. The lowest BCUT2D eigenvalue weighted by atomic mass is 10.2. The number of fused-ring (bicyclic) bond motifs is 1. The molecule has 2 aliphatic rings. The zero-order chi connectivity index (χ0) is 11.2. The van der Waals surface area contributed by atoms with Crippen LogP contribution in [0.15, 0.2) is 0 Å². The zero-order valence-corrected chi connectivity index (χ0v) is 11.3. The Bertz CT molecular complexity index is 198. The van der Waals surface area contributed by atoms with Crippen LogP contribution in [-0.4, -0.2) is 54.3 Å². The van der Waals surface area contributed by atoms with Gasteiger partial charge in [-0.2, -0.15) is 12.6 Å². The largest absolute Gasteiger partial charge is 0.302 e. The summed E-state index contributed by atoms with van der Waals surface area (Å²) in [7, 11) is 0. The molecule has 2 fully saturated rings. The van der Waals surface area contributed by atoms with Crippen molar-refractivity contribution >= 4 is 12.6 Å². The van der Waals surface area contributed by atoms with Gasteiger partial charge in [0.1, 0.15) is 0 Å². The number of nitrogens with zero attached hydrogens (tertiary/aromatic N) is 2. The average molecular weight is 242 g/mol. The molecule has 1 unspecified atom stereocenters. The highest BCUT2D eigenvalue weighted by molar-refractivity contribution is 7.80. The van der Waals surface area contributed by atoms with Crippen LogP contribution >= 0.6 is 12.6 Å². The summed E-state index contributed by atoms with van der Waals surface area (Å²) in [6.07, 6.45) is 8.25. The lowest BCUT2D eigenvalue weighted by Crippen LogP contribution is -2.37. The Balaban J connectivity index is 1.69. The predicted octanol–water partition coefficient (Wildman–Crippen LogP) is 2.26. The average Bonchev–Trinajstić information content (AvgIpc) is 2.63. The van der Waals surface area contributed by atoms with Crippen LogP contribution < -0.4 is 0 Å². The van der Waals surface area contributed by atoms with Gasteiger partial charge in [-0.3, -0.25) is 4.90 Å². The van der Waals surface area contributed by atoms with Crippen molar-refractivity contribution < 1.29 is 0 Å². The highest BCUT2D eigenvalue weighted by Crippen LogP contribution is 2.21. The normalized spacial score (nSPS) is 27.9. The van der Waals surface area contributed by atoms with E-state index in [1.807, 2.05) is 0 Å². The van der Waals surface area contributed by atoms with Gasteiger partial charge in [0, 0.05) is 12.6 Å². The molecular formula is C13H26N2S. The van der Waals surface area contributed by atoms with Crippen molar-refractivity contribution in [2.75, 3.05) is 38.5 Å². The Morgan fingerprint density at radius 2 is 1.88 bits per heavy atom. The highest BCUT2D eigenvalue weighted by atomic mass is 32.1. The minimum absolute atomic E-state index is 0.882. The second-order valence-electron chi connectivity index (χ2n) is 5.27. The Morgan fingerprint density at radius 1 is 1.00 bits per heavy atom. The molecular weight excluding hydrogens is 216 g/mol. The fourth-order valence-corrected chi connectivity index (χ4v) is 3.33. The van der Waals surface area contributed by atoms with Gasteiger partial charge in [0.15, 0.2) is 0 Å². The highest BCUT2D eigenvalue weighted by Gasteiger charge is 2.28. The monoisotopic (exact) mass is 242 g/mol. The molecule has 2 heterocycles. The van der Waals surface area contributed by atoms with E-state index in [0.29, 0.717) is 0 Å². The molecule has 0 aromatic rings. The van der Waals surface area contributed by atoms with Gasteiger partial charge in [-0.25, -0.2) is 0 Å². The maximum atomic E-state index is 4.27. The standard InChI is InChI=1S/C13H26N2S/c16-11-3-1-2-7-14-8-5-10-15-9-4-6-13(15)12-14/h13,16H,1-12H2. The van der Waals surface area contributed by atoms with E-state index in [1.54, 1.807) is 0 Å². The van der Waals surface area contributed by atoms with Gasteiger partial charge in [0.05, 0.1) is 0 Å². The van der Waals surface area contributed by atoms with E-state index in [4.69, 9.17) is 0 Å². The molecule has 0 saturated carbocycles. The summed E-state index contributed by atoms with van der Waals surface area (Å²) >= 11 is 4.27. The second kappa shape index (κ2) is 6.87. The van der Waals surface area contributed by atoms with Gasteiger partial charge in [-0.05, 0) is 64.0 Å². The molecule has 0 spiro atoms. The summed E-state index contributed by atoms with van der Waals surface area (Å²) in [6.45, 7) is 6.68. The van der Waals surface area contributed by atoms with Gasteiger partial charge < -0.3 is 4.90 Å². The van der Waals surface area contributed by atoms with E-state index in [9.17, 15) is 0 Å². The van der Waals surface area contributed by atoms with Crippen LogP contribution in [0.25, 0.3) is 0 Å². The lowest BCUT2D eigenvalue weighted by molar-refractivity contribution is 0.218. The number of hydrogen-bond acceptors (Lipinski definition) is 3. The Hall–Kier alpha value is 0.270. The molecule has 0 aliphatic carbocycles. The Labute approximate surface area is 106 Å². The Kier molecular flexibility index (Phi) is 5.46. The van der Waals surface area contributed by atoms with E-state index >= 15 is 0 Å². The molecule has 16 heavy (non-hydrogen) atoms. The van der Waals surface area contributed by atoms with Gasteiger partial charge in [-0.1, -0.05) is 6.42 Å². The number of thiol groups is 1. The summed E-state index contributed by atoms with van der Waals surface area (Å²) in [4.78, 5) is 5.42. The van der Waals surface area contributed by atoms with Crippen LogP contribution in [-0.2, 0) is 0 Å². The first-order chi connectivity index (χ1) is 7.90. The molecule has 2 aliphatic heterocycles. The maximum Gasteiger partial charge on any atom is 0.0223 e. The third kappa shape index (κ3) is 3.64. The van der Waals surface area contributed by atoms with Gasteiger partial charge >= 0.3 is 0 Å². The van der Waals surface area contributed by atoms with E-state index in [1.165, 1.54) is 71.2 Å². The molecule has 2 nitrogen and oxygen atoms in total. The third-order valence-corrected chi connectivity index (χ3v) is 4.34. The van der Waals surface area contributed by atoms with Crippen molar-refractivity contribution in [3.8, 4) is 0 Å². The van der Waals surface area contributed by atoms with E-state index in [0.717, 1.165) is 11.8 Å². The van der Waals surface area contributed by atoms with E-state index < -0.39 is 0 Å². The maximum absolute atomic E-state index is 4.27. The zero-order valence-electron chi connectivity index (χ0n) is 10.4. The molecule has 2 rings (SSSR count). The summed E-state index contributed by atoms with van der Waals surface area (Å²) in [5, 5.41) is 0. The van der Waals surface area contributed by atoms with Crippen molar-refractivity contribution in [1.82, 2.24) is 9.80 Å². The van der Waals surface area contributed by atoms with Crippen molar-refractivity contribution in [2.45, 2.75) is 44.6 Å². The molecule has 0 amide bonds. The molecule has 0 N–H and O–H groups in total. The van der Waals surface area contributed by atoms with Gasteiger partial charge in [0.25, 0.3) is 0 Å². The first-order valence-electron chi connectivity index (χ1n) is 6.97. The van der Waals surface area contributed by atoms with Gasteiger partial charge in [-0.15, -0.1) is 0 Å². The molecule has 0 radical (unpaired) electrons. The third-order valence-electron chi connectivity index (χ3n) is 4.02. The van der Waals surface area contributed by atoms with Crippen molar-refractivity contribution in [1.29, 1.82) is 0 Å². The molecule has 2 saturated heterocycles. The first-order valence-corrected chi connectivity index (χ1v) is 7.60. The first kappa shape index (κ1) is 12.7. The number of unbranched alkanes of at least 4 members (excludes halogenated alkanes) is 2. The van der Waals surface area contributed by atoms with E-state index in [-0.39, 0.29) is 0 Å². The van der Waals surface area contributed by atoms with E-state index in [2.05, 4.69) is 22.4 Å². The molecule has 0 bridgehead atoms. The minimum atomic E-state index is 0.882. The molecule has 0 aromatic heterocycles. The van der Waals surface area contributed by atoms with Crippen LogP contribution in [0.2, 0.25) is 0 Å². The fraction of sp³-hybridized carbons (Fsp3) is 1.00.